The lowest BCUT2D eigenvalue weighted by molar-refractivity contribution is -0.149. The van der Waals surface area contributed by atoms with Crippen molar-refractivity contribution in [2.45, 2.75) is 32.3 Å². The number of rotatable bonds is 2. The molecule has 0 bridgehead atoms. The summed E-state index contributed by atoms with van der Waals surface area (Å²) in [6.07, 6.45) is 7.75. The summed E-state index contributed by atoms with van der Waals surface area (Å²) >= 11 is 0. The third kappa shape index (κ3) is 3.16. The van der Waals surface area contributed by atoms with Crippen molar-refractivity contribution in [1.82, 2.24) is 24.4 Å². The number of likely N-dealkylation sites (tertiary alicyclic amines) is 1. The zero-order valence-corrected chi connectivity index (χ0v) is 14.9. The number of fused-ring (bicyclic) bond motifs is 1. The van der Waals surface area contributed by atoms with Gasteiger partial charge >= 0.3 is 0 Å². The van der Waals surface area contributed by atoms with Crippen molar-refractivity contribution in [3.8, 4) is 0 Å². The highest BCUT2D eigenvalue weighted by molar-refractivity contribution is 6.00. The Balaban J connectivity index is 1.49. The van der Waals surface area contributed by atoms with E-state index in [2.05, 4.69) is 10.1 Å². The number of aromatic nitrogens is 3. The van der Waals surface area contributed by atoms with Crippen LogP contribution in [-0.4, -0.2) is 75.1 Å². The van der Waals surface area contributed by atoms with Crippen LogP contribution in [0.15, 0.2) is 18.6 Å². The number of carbonyl (C=O) groups excluding carboxylic acids is 2. The normalized spacial score (nSPS) is 21.2. The first-order valence-corrected chi connectivity index (χ1v) is 9.13. The molecule has 0 N–H and O–H groups in total. The van der Waals surface area contributed by atoms with Gasteiger partial charge in [0.2, 0.25) is 0 Å². The molecule has 4 rings (SSSR count). The van der Waals surface area contributed by atoms with E-state index in [-0.39, 0.29) is 18.4 Å². The third-order valence-electron chi connectivity index (χ3n) is 5.01. The van der Waals surface area contributed by atoms with Crippen LogP contribution in [0.25, 0.3) is 5.65 Å². The molecule has 1 atom stereocenters. The number of piperidine rings is 1. The number of morpholine rings is 1. The van der Waals surface area contributed by atoms with Crippen LogP contribution in [0.2, 0.25) is 0 Å². The molecule has 1 unspecified atom stereocenters. The van der Waals surface area contributed by atoms with E-state index in [1.165, 1.54) is 6.42 Å². The van der Waals surface area contributed by atoms with Crippen LogP contribution in [0.1, 0.15) is 35.2 Å². The van der Waals surface area contributed by atoms with Gasteiger partial charge in [0.1, 0.15) is 5.56 Å². The molecule has 26 heavy (non-hydrogen) atoms. The molecule has 2 aromatic rings. The van der Waals surface area contributed by atoms with Gasteiger partial charge in [-0.3, -0.25) is 9.59 Å². The Bertz CT molecular complexity index is 827. The summed E-state index contributed by atoms with van der Waals surface area (Å²) in [5.74, 6) is -0.160. The van der Waals surface area contributed by atoms with Crippen molar-refractivity contribution in [3.05, 3.63) is 29.7 Å². The Morgan fingerprint density at radius 3 is 2.73 bits per heavy atom. The minimum Gasteiger partial charge on any atom is -0.365 e. The largest absolute Gasteiger partial charge is 0.365 e. The Morgan fingerprint density at radius 2 is 1.92 bits per heavy atom. The Hall–Kier alpha value is -2.48. The number of aryl methyl sites for hydroxylation is 1. The van der Waals surface area contributed by atoms with Crippen LogP contribution in [0.3, 0.4) is 0 Å². The molecular formula is C18H23N5O3. The minimum absolute atomic E-state index is 0.00388. The highest BCUT2D eigenvalue weighted by Crippen LogP contribution is 2.17. The molecule has 0 aromatic carbocycles. The fraction of sp³-hybridized carbons (Fsp3) is 0.556. The van der Waals surface area contributed by atoms with E-state index in [1.807, 2.05) is 18.0 Å². The molecule has 2 aromatic heterocycles. The van der Waals surface area contributed by atoms with Crippen LogP contribution in [0.5, 0.6) is 0 Å². The summed E-state index contributed by atoms with van der Waals surface area (Å²) in [5, 5.41) is 4.22. The van der Waals surface area contributed by atoms with Gasteiger partial charge in [-0.2, -0.15) is 5.10 Å². The molecule has 8 heteroatoms. The lowest BCUT2D eigenvalue weighted by Crippen LogP contribution is -2.53. The van der Waals surface area contributed by atoms with E-state index < -0.39 is 6.10 Å². The maximum absolute atomic E-state index is 13.0. The summed E-state index contributed by atoms with van der Waals surface area (Å²) < 4.78 is 7.28. The van der Waals surface area contributed by atoms with E-state index in [0.29, 0.717) is 24.4 Å². The Kier molecular flexibility index (Phi) is 4.58. The van der Waals surface area contributed by atoms with Gasteiger partial charge in [-0.05, 0) is 31.7 Å². The van der Waals surface area contributed by atoms with Crippen molar-refractivity contribution in [2.24, 2.45) is 0 Å². The molecule has 138 valence electrons. The first-order valence-electron chi connectivity index (χ1n) is 9.13. The highest BCUT2D eigenvalue weighted by atomic mass is 16.5. The van der Waals surface area contributed by atoms with Crippen molar-refractivity contribution in [3.63, 3.8) is 0 Å². The van der Waals surface area contributed by atoms with Gasteiger partial charge in [-0.1, -0.05) is 0 Å². The summed E-state index contributed by atoms with van der Waals surface area (Å²) in [5.41, 5.74) is 1.96. The molecule has 0 saturated carbocycles. The average molecular weight is 357 g/mol. The summed E-state index contributed by atoms with van der Waals surface area (Å²) in [6, 6.07) is 0. The fourth-order valence-electron chi connectivity index (χ4n) is 3.59. The monoisotopic (exact) mass is 357 g/mol. The first-order chi connectivity index (χ1) is 12.6. The van der Waals surface area contributed by atoms with E-state index in [0.717, 1.165) is 31.5 Å². The topological polar surface area (TPSA) is 80.0 Å². The second-order valence-electron chi connectivity index (χ2n) is 6.95. The SMILES string of the molecule is Cc1cnc2c(C(=O)N3CCOC(C(=O)N4CCCCC4)C3)cnn2c1. The standard InChI is InChI=1S/C18H23N5O3/c1-13-9-19-16-14(10-20-23(16)11-13)17(24)22-7-8-26-15(12-22)18(25)21-5-3-2-4-6-21/h9-11,15H,2-8,12H2,1H3. The van der Waals surface area contributed by atoms with Gasteiger partial charge in [-0.25, -0.2) is 9.50 Å². The van der Waals surface area contributed by atoms with Gasteiger partial charge < -0.3 is 14.5 Å². The van der Waals surface area contributed by atoms with Crippen molar-refractivity contribution >= 4 is 17.5 Å². The van der Waals surface area contributed by atoms with Gasteiger partial charge in [-0.15, -0.1) is 0 Å². The van der Waals surface area contributed by atoms with Gasteiger partial charge in [0.15, 0.2) is 11.8 Å². The lowest BCUT2D eigenvalue weighted by Gasteiger charge is -2.36. The van der Waals surface area contributed by atoms with Crippen LogP contribution in [0, 0.1) is 6.92 Å². The summed E-state index contributed by atoms with van der Waals surface area (Å²) in [4.78, 5) is 33.5. The van der Waals surface area contributed by atoms with E-state index in [1.54, 1.807) is 21.8 Å². The highest BCUT2D eigenvalue weighted by Gasteiger charge is 2.33. The Morgan fingerprint density at radius 1 is 1.12 bits per heavy atom. The van der Waals surface area contributed by atoms with Crippen molar-refractivity contribution in [1.29, 1.82) is 0 Å². The Labute approximate surface area is 151 Å². The molecule has 2 amide bonds. The molecule has 2 aliphatic heterocycles. The zero-order valence-electron chi connectivity index (χ0n) is 14.9. The second kappa shape index (κ2) is 7.03. The zero-order chi connectivity index (χ0) is 18.1. The number of hydrogen-bond acceptors (Lipinski definition) is 5. The van der Waals surface area contributed by atoms with Crippen LogP contribution in [0.4, 0.5) is 0 Å². The number of carbonyl (C=O) groups is 2. The van der Waals surface area contributed by atoms with Crippen molar-refractivity contribution < 1.29 is 14.3 Å². The molecular weight excluding hydrogens is 334 g/mol. The molecule has 2 fully saturated rings. The van der Waals surface area contributed by atoms with Crippen LogP contribution < -0.4 is 0 Å². The minimum atomic E-state index is -0.581. The molecule has 8 nitrogen and oxygen atoms in total. The smallest absolute Gasteiger partial charge is 0.259 e. The van der Waals surface area contributed by atoms with Crippen molar-refractivity contribution in [2.75, 3.05) is 32.8 Å². The van der Waals surface area contributed by atoms with E-state index in [4.69, 9.17) is 4.74 Å². The maximum atomic E-state index is 13.0. The van der Waals surface area contributed by atoms with Crippen LogP contribution in [-0.2, 0) is 9.53 Å². The van der Waals surface area contributed by atoms with Gasteiger partial charge in [0, 0.05) is 32.0 Å². The van der Waals surface area contributed by atoms with Gasteiger partial charge in [0.25, 0.3) is 11.8 Å². The van der Waals surface area contributed by atoms with E-state index in [9.17, 15) is 9.59 Å². The second-order valence-corrected chi connectivity index (χ2v) is 6.95. The van der Waals surface area contributed by atoms with Gasteiger partial charge in [0.05, 0.1) is 19.3 Å². The summed E-state index contributed by atoms with van der Waals surface area (Å²) in [7, 11) is 0. The molecule has 2 saturated heterocycles. The molecule has 0 aliphatic carbocycles. The molecule has 0 radical (unpaired) electrons. The van der Waals surface area contributed by atoms with Crippen LogP contribution >= 0.6 is 0 Å². The molecule has 0 spiro atoms. The summed E-state index contributed by atoms with van der Waals surface area (Å²) in [6.45, 7) is 4.59. The average Bonchev–Trinajstić information content (AvgIpc) is 3.10. The maximum Gasteiger partial charge on any atom is 0.259 e. The number of ether oxygens (including phenoxy) is 1. The van der Waals surface area contributed by atoms with E-state index >= 15 is 0 Å². The lowest BCUT2D eigenvalue weighted by atomic mass is 10.1. The molecule has 2 aliphatic rings. The first kappa shape index (κ1) is 17.0. The predicted molar refractivity (Wildman–Crippen MR) is 93.8 cm³/mol. The molecule has 4 heterocycles. The number of hydrogen-bond donors (Lipinski definition) is 0. The fourth-order valence-corrected chi connectivity index (χ4v) is 3.59. The number of amides is 2. The number of nitrogens with zero attached hydrogens (tertiary/aromatic N) is 5. The third-order valence-corrected chi connectivity index (χ3v) is 5.01. The predicted octanol–water partition coefficient (Wildman–Crippen LogP) is 0.891. The quantitative estimate of drug-likeness (QED) is 0.797.